The third kappa shape index (κ3) is 2.34. The third-order valence-corrected chi connectivity index (χ3v) is 3.18. The second kappa shape index (κ2) is 4.12. The lowest BCUT2D eigenvalue weighted by molar-refractivity contribution is 0.134. The molecular formula is C6H8I2O. The summed E-state index contributed by atoms with van der Waals surface area (Å²) in [6.07, 6.45) is 1.64. The molecule has 9 heavy (non-hydrogen) atoms. The number of hydrogen-bond acceptors (Lipinski definition) is 1. The summed E-state index contributed by atoms with van der Waals surface area (Å²) in [6, 6.07) is 0. The zero-order valence-electron chi connectivity index (χ0n) is 4.94. The molecule has 1 rings (SSSR count). The molecule has 1 atom stereocenters. The van der Waals surface area contributed by atoms with Gasteiger partial charge in [0.15, 0.2) is 0 Å². The number of rotatable bonds is 1. The van der Waals surface area contributed by atoms with Crippen LogP contribution in [-0.2, 0) is 4.74 Å². The van der Waals surface area contributed by atoms with Gasteiger partial charge in [-0.2, -0.15) is 0 Å². The van der Waals surface area contributed by atoms with Crippen molar-refractivity contribution in [1.29, 1.82) is 0 Å². The molecule has 1 saturated heterocycles. The minimum Gasteiger partial charge on any atom is -0.373 e. The Bertz CT molecular complexity index is 122. The van der Waals surface area contributed by atoms with Crippen molar-refractivity contribution in [3.8, 4) is 0 Å². The smallest absolute Gasteiger partial charge is 0.0707 e. The first-order valence-electron chi connectivity index (χ1n) is 2.82. The summed E-state index contributed by atoms with van der Waals surface area (Å²) in [4.78, 5) is 0. The molecule has 0 aromatic carbocycles. The van der Waals surface area contributed by atoms with Crippen LogP contribution in [0.25, 0.3) is 0 Å². The molecule has 0 aliphatic carbocycles. The molecular weight excluding hydrogens is 342 g/mol. The molecule has 0 saturated carbocycles. The molecule has 0 N–H and O–H groups in total. The largest absolute Gasteiger partial charge is 0.373 e. The zero-order chi connectivity index (χ0) is 6.69. The first-order valence-corrected chi connectivity index (χ1v) is 5.59. The number of halogens is 2. The van der Waals surface area contributed by atoms with Gasteiger partial charge in [0.1, 0.15) is 0 Å². The van der Waals surface area contributed by atoms with Gasteiger partial charge in [-0.05, 0) is 16.1 Å². The molecule has 1 aliphatic heterocycles. The highest BCUT2D eigenvalue weighted by Gasteiger charge is 2.17. The summed E-state index contributed by atoms with van der Waals surface area (Å²) in [5, 5.41) is 0. The van der Waals surface area contributed by atoms with Crippen LogP contribution < -0.4 is 0 Å². The van der Waals surface area contributed by atoms with Crippen LogP contribution >= 0.6 is 45.2 Å². The fourth-order valence-electron chi connectivity index (χ4n) is 0.810. The van der Waals surface area contributed by atoms with Crippen molar-refractivity contribution in [3.05, 3.63) is 9.66 Å². The molecule has 0 unspecified atom stereocenters. The fraction of sp³-hybridized carbons (Fsp3) is 0.667. The van der Waals surface area contributed by atoms with Crippen molar-refractivity contribution >= 4 is 45.2 Å². The molecule has 0 aromatic heterocycles. The van der Waals surface area contributed by atoms with E-state index < -0.39 is 0 Å². The molecule has 1 nitrogen and oxygen atoms in total. The van der Waals surface area contributed by atoms with Gasteiger partial charge in [0.05, 0.1) is 12.7 Å². The number of alkyl halides is 1. The van der Waals surface area contributed by atoms with E-state index in [0.717, 1.165) is 17.5 Å². The zero-order valence-corrected chi connectivity index (χ0v) is 9.26. The topological polar surface area (TPSA) is 9.23 Å². The van der Waals surface area contributed by atoms with Crippen molar-refractivity contribution in [3.63, 3.8) is 0 Å². The van der Waals surface area contributed by atoms with Gasteiger partial charge in [-0.3, -0.25) is 0 Å². The molecule has 1 heterocycles. The first kappa shape index (κ1) is 8.26. The lowest BCUT2D eigenvalue weighted by Gasteiger charge is -1.99. The van der Waals surface area contributed by atoms with Gasteiger partial charge in [-0.15, -0.1) is 0 Å². The number of ether oxygens (including phenoxy) is 1. The molecule has 1 aliphatic rings. The standard InChI is InChI=1S/C6H8I2O/c7-2-5-1-6(3-8)9-4-5/h2,6H,1,3-4H2/b5-2+/t6-/m1/s1. The quantitative estimate of drug-likeness (QED) is 0.522. The van der Waals surface area contributed by atoms with Crippen LogP contribution in [0.5, 0.6) is 0 Å². The molecule has 0 aromatic rings. The van der Waals surface area contributed by atoms with E-state index in [1.807, 2.05) is 0 Å². The average molecular weight is 350 g/mol. The second-order valence-corrected chi connectivity index (χ2v) is 3.56. The Hall–Kier alpha value is 1.16. The van der Waals surface area contributed by atoms with Crippen molar-refractivity contribution in [1.82, 2.24) is 0 Å². The van der Waals surface area contributed by atoms with E-state index in [2.05, 4.69) is 49.3 Å². The Morgan fingerprint density at radius 1 is 1.78 bits per heavy atom. The van der Waals surface area contributed by atoms with Crippen LogP contribution in [-0.4, -0.2) is 17.1 Å². The highest BCUT2D eigenvalue weighted by atomic mass is 127. The Balaban J connectivity index is 2.38. The summed E-state index contributed by atoms with van der Waals surface area (Å²) >= 11 is 4.63. The van der Waals surface area contributed by atoms with E-state index in [1.54, 1.807) is 0 Å². The fourth-order valence-corrected chi connectivity index (χ4v) is 1.81. The Labute approximate surface area is 82.5 Å². The van der Waals surface area contributed by atoms with E-state index in [0.29, 0.717) is 6.10 Å². The van der Waals surface area contributed by atoms with E-state index >= 15 is 0 Å². The summed E-state index contributed by atoms with van der Waals surface area (Å²) in [5.74, 6) is 0. The van der Waals surface area contributed by atoms with Gasteiger partial charge in [0.2, 0.25) is 0 Å². The monoisotopic (exact) mass is 350 g/mol. The summed E-state index contributed by atoms with van der Waals surface area (Å²) in [7, 11) is 0. The van der Waals surface area contributed by atoms with Gasteiger partial charge >= 0.3 is 0 Å². The maximum absolute atomic E-state index is 5.43. The second-order valence-electron chi connectivity index (χ2n) is 2.06. The maximum atomic E-state index is 5.43. The van der Waals surface area contributed by atoms with E-state index in [4.69, 9.17) is 4.74 Å². The lowest BCUT2D eigenvalue weighted by Crippen LogP contribution is -2.04. The van der Waals surface area contributed by atoms with Crippen LogP contribution in [0.15, 0.2) is 9.66 Å². The molecule has 3 heteroatoms. The van der Waals surface area contributed by atoms with E-state index in [1.165, 1.54) is 5.57 Å². The molecule has 0 amide bonds. The predicted molar refractivity (Wildman–Crippen MR) is 55.3 cm³/mol. The van der Waals surface area contributed by atoms with Crippen molar-refractivity contribution in [2.75, 3.05) is 11.0 Å². The van der Waals surface area contributed by atoms with Crippen LogP contribution in [0.4, 0.5) is 0 Å². The van der Waals surface area contributed by atoms with Crippen molar-refractivity contribution in [2.45, 2.75) is 12.5 Å². The Morgan fingerprint density at radius 2 is 2.56 bits per heavy atom. The molecule has 52 valence electrons. The van der Waals surface area contributed by atoms with Crippen LogP contribution in [0.3, 0.4) is 0 Å². The SMILES string of the molecule is I/C=C1/CO[C@@H](CI)C1. The van der Waals surface area contributed by atoms with E-state index in [-0.39, 0.29) is 0 Å². The van der Waals surface area contributed by atoms with Gasteiger partial charge in [0, 0.05) is 4.43 Å². The Morgan fingerprint density at radius 3 is 2.89 bits per heavy atom. The highest BCUT2D eigenvalue weighted by Crippen LogP contribution is 2.20. The predicted octanol–water partition coefficient (Wildman–Crippen LogP) is 2.53. The third-order valence-electron chi connectivity index (χ3n) is 1.32. The van der Waals surface area contributed by atoms with Gasteiger partial charge in [-0.25, -0.2) is 0 Å². The maximum Gasteiger partial charge on any atom is 0.0707 e. The normalized spacial score (nSPS) is 31.8. The van der Waals surface area contributed by atoms with Crippen LogP contribution in [0.1, 0.15) is 6.42 Å². The molecule has 0 bridgehead atoms. The molecule has 0 spiro atoms. The molecule has 1 fully saturated rings. The minimum atomic E-state index is 0.492. The van der Waals surface area contributed by atoms with Gasteiger partial charge in [-0.1, -0.05) is 45.2 Å². The Kier molecular flexibility index (Phi) is 3.78. The van der Waals surface area contributed by atoms with Gasteiger partial charge < -0.3 is 4.74 Å². The number of hydrogen-bond donors (Lipinski definition) is 0. The molecule has 0 radical (unpaired) electrons. The van der Waals surface area contributed by atoms with Crippen LogP contribution in [0, 0.1) is 0 Å². The highest BCUT2D eigenvalue weighted by molar-refractivity contribution is 14.1. The summed E-state index contributed by atoms with van der Waals surface area (Å²) in [6.45, 7) is 0.858. The van der Waals surface area contributed by atoms with Crippen molar-refractivity contribution < 1.29 is 4.74 Å². The van der Waals surface area contributed by atoms with E-state index in [9.17, 15) is 0 Å². The van der Waals surface area contributed by atoms with Crippen LogP contribution in [0.2, 0.25) is 0 Å². The summed E-state index contributed by atoms with van der Waals surface area (Å²) < 4.78 is 8.67. The lowest BCUT2D eigenvalue weighted by atomic mass is 10.2. The minimum absolute atomic E-state index is 0.492. The van der Waals surface area contributed by atoms with Gasteiger partial charge in [0.25, 0.3) is 0 Å². The summed E-state index contributed by atoms with van der Waals surface area (Å²) in [5.41, 5.74) is 1.44. The van der Waals surface area contributed by atoms with Crippen molar-refractivity contribution in [2.24, 2.45) is 0 Å². The average Bonchev–Trinajstić information content (AvgIpc) is 2.34. The first-order chi connectivity index (χ1) is 4.36.